The van der Waals surface area contributed by atoms with Crippen LogP contribution in [0, 0.1) is 0 Å². The van der Waals surface area contributed by atoms with Crippen molar-refractivity contribution in [2.45, 2.75) is 31.5 Å². The Balaban J connectivity index is 1.45. The van der Waals surface area contributed by atoms with Crippen molar-refractivity contribution in [2.75, 3.05) is 32.8 Å². The second-order valence-corrected chi connectivity index (χ2v) is 7.44. The van der Waals surface area contributed by atoms with Gasteiger partial charge in [0.1, 0.15) is 6.04 Å². The highest BCUT2D eigenvalue weighted by Gasteiger charge is 2.49. The van der Waals surface area contributed by atoms with Crippen molar-refractivity contribution >= 4 is 16.4 Å². The van der Waals surface area contributed by atoms with Gasteiger partial charge >= 0.3 is 16.4 Å². The second-order valence-electron chi connectivity index (χ2n) is 6.43. The molecule has 0 radical (unpaired) electrons. The molecule has 4 rings (SSSR count). The van der Waals surface area contributed by atoms with Gasteiger partial charge in [0.25, 0.3) is 0 Å². The molecular formula is C13H19N5O7S. The second kappa shape index (κ2) is 6.74. The normalized spacial score (nSPS) is 27.3. The maximum Gasteiger partial charge on any atom is 0.418 e. The fraction of sp³-hybridized carbons (Fsp3) is 0.769. The quantitative estimate of drug-likeness (QED) is 0.660. The predicted octanol–water partition coefficient (Wildman–Crippen LogP) is -0.423. The number of piperidine rings is 1. The Bertz CT molecular complexity index is 778. The van der Waals surface area contributed by atoms with Crippen LogP contribution in [0.4, 0.5) is 4.79 Å². The van der Waals surface area contributed by atoms with Crippen molar-refractivity contribution in [1.29, 1.82) is 0 Å². The molecule has 3 saturated heterocycles. The van der Waals surface area contributed by atoms with Crippen molar-refractivity contribution in [3.8, 4) is 0 Å². The summed E-state index contributed by atoms with van der Waals surface area (Å²) in [5.74, 6) is 0.774. The summed E-state index contributed by atoms with van der Waals surface area (Å²) in [5.41, 5.74) is 0. The molecule has 26 heavy (non-hydrogen) atoms. The lowest BCUT2D eigenvalue weighted by atomic mass is 10.0. The standard InChI is InChI=1S/C13H19N5O7S/c19-13-17-7-9(18(13)25-26(20,21)22)1-2-10(17)12-15-14-11(24-12)8-16-3-5-23-6-4-16/h9-10H,1-8H2,(H,20,21,22)/t9-,10+/m1/s1. The van der Waals surface area contributed by atoms with E-state index in [0.717, 1.165) is 13.1 Å². The minimum atomic E-state index is -4.76. The highest BCUT2D eigenvalue weighted by molar-refractivity contribution is 7.80. The summed E-state index contributed by atoms with van der Waals surface area (Å²) >= 11 is 0. The molecule has 3 fully saturated rings. The van der Waals surface area contributed by atoms with Crippen molar-refractivity contribution in [1.82, 2.24) is 25.1 Å². The van der Waals surface area contributed by atoms with Gasteiger partial charge in [0.2, 0.25) is 11.8 Å². The Morgan fingerprint density at radius 2 is 2.00 bits per heavy atom. The summed E-state index contributed by atoms with van der Waals surface area (Å²) in [6.45, 7) is 3.68. The van der Waals surface area contributed by atoms with Gasteiger partial charge in [-0.05, 0) is 12.8 Å². The van der Waals surface area contributed by atoms with E-state index in [0.29, 0.717) is 49.4 Å². The Morgan fingerprint density at radius 1 is 1.23 bits per heavy atom. The number of morpholine rings is 1. The number of ether oxygens (including phenoxy) is 1. The minimum absolute atomic E-state index is 0.264. The average Bonchev–Trinajstić information content (AvgIpc) is 3.15. The van der Waals surface area contributed by atoms with Gasteiger partial charge in [0, 0.05) is 19.6 Å². The number of amides is 2. The van der Waals surface area contributed by atoms with Gasteiger partial charge in [-0.15, -0.1) is 14.5 Å². The fourth-order valence-corrected chi connectivity index (χ4v) is 3.89. The molecule has 2 amide bonds. The van der Waals surface area contributed by atoms with Gasteiger partial charge < -0.3 is 14.1 Å². The van der Waals surface area contributed by atoms with E-state index in [1.165, 1.54) is 4.90 Å². The summed E-state index contributed by atoms with van der Waals surface area (Å²) in [6, 6.07) is -1.54. The molecule has 2 bridgehead atoms. The van der Waals surface area contributed by atoms with E-state index in [2.05, 4.69) is 19.4 Å². The number of rotatable bonds is 5. The van der Waals surface area contributed by atoms with Crippen LogP contribution in [0.5, 0.6) is 0 Å². The molecule has 3 aliphatic rings. The Hall–Kier alpha value is -1.80. The smallest absolute Gasteiger partial charge is 0.418 e. The molecule has 3 aliphatic heterocycles. The van der Waals surface area contributed by atoms with Crippen LogP contribution in [0.15, 0.2) is 4.42 Å². The third kappa shape index (κ3) is 3.53. The maximum atomic E-state index is 12.4. The van der Waals surface area contributed by atoms with Gasteiger partial charge in [0.15, 0.2) is 0 Å². The molecule has 2 atom stereocenters. The predicted molar refractivity (Wildman–Crippen MR) is 82.7 cm³/mol. The van der Waals surface area contributed by atoms with Crippen molar-refractivity contribution in [3.63, 3.8) is 0 Å². The zero-order valence-corrected chi connectivity index (χ0v) is 14.7. The van der Waals surface area contributed by atoms with Crippen LogP contribution in [0.25, 0.3) is 0 Å². The summed E-state index contributed by atoms with van der Waals surface area (Å²) in [7, 11) is -4.76. The third-order valence-electron chi connectivity index (χ3n) is 4.73. The van der Waals surface area contributed by atoms with E-state index in [1.54, 1.807) is 0 Å². The molecule has 13 heteroatoms. The van der Waals surface area contributed by atoms with Gasteiger partial charge in [-0.3, -0.25) is 9.45 Å². The number of hydroxylamine groups is 2. The Labute approximate surface area is 149 Å². The first-order valence-corrected chi connectivity index (χ1v) is 9.66. The molecular weight excluding hydrogens is 370 g/mol. The largest absolute Gasteiger partial charge is 0.422 e. The third-order valence-corrected chi connectivity index (χ3v) is 5.08. The van der Waals surface area contributed by atoms with Crippen molar-refractivity contribution in [2.24, 2.45) is 0 Å². The number of aromatic nitrogens is 2. The van der Waals surface area contributed by atoms with Crippen LogP contribution in [-0.2, 0) is 26.0 Å². The average molecular weight is 389 g/mol. The van der Waals surface area contributed by atoms with E-state index in [-0.39, 0.29) is 6.54 Å². The lowest BCUT2D eigenvalue weighted by Gasteiger charge is -2.27. The van der Waals surface area contributed by atoms with Crippen molar-refractivity contribution in [3.05, 3.63) is 11.8 Å². The first kappa shape index (κ1) is 17.6. The number of urea groups is 1. The first-order chi connectivity index (χ1) is 12.4. The van der Waals surface area contributed by atoms with E-state index in [1.807, 2.05) is 0 Å². The molecule has 0 spiro atoms. The van der Waals surface area contributed by atoms with E-state index < -0.39 is 28.5 Å². The SMILES string of the molecule is O=C1N2C[C@@H](CC[C@H]2c2nnc(CN3CCOCC3)o2)N1OS(=O)(=O)O. The zero-order valence-electron chi connectivity index (χ0n) is 13.9. The summed E-state index contributed by atoms with van der Waals surface area (Å²) in [5, 5.41) is 8.81. The minimum Gasteiger partial charge on any atom is -0.422 e. The van der Waals surface area contributed by atoms with Crippen LogP contribution in [0.3, 0.4) is 0 Å². The van der Waals surface area contributed by atoms with E-state index in [9.17, 15) is 13.2 Å². The topological polar surface area (TPSA) is 139 Å². The number of hydrogen-bond donors (Lipinski definition) is 1. The molecule has 1 aromatic rings. The van der Waals surface area contributed by atoms with Gasteiger partial charge in [0.05, 0.1) is 25.8 Å². The fourth-order valence-electron chi connectivity index (χ4n) is 3.50. The van der Waals surface area contributed by atoms with Crippen LogP contribution in [0.1, 0.15) is 30.7 Å². The molecule has 0 aromatic carbocycles. The molecule has 0 unspecified atom stereocenters. The first-order valence-electron chi connectivity index (χ1n) is 8.30. The molecule has 12 nitrogen and oxygen atoms in total. The summed E-state index contributed by atoms with van der Waals surface area (Å²) in [6.07, 6.45) is 1.02. The van der Waals surface area contributed by atoms with Gasteiger partial charge in [-0.25, -0.2) is 4.79 Å². The lowest BCUT2D eigenvalue weighted by molar-refractivity contribution is -0.0317. The molecule has 1 N–H and O–H groups in total. The van der Waals surface area contributed by atoms with Gasteiger partial charge in [-0.2, -0.15) is 13.5 Å². The monoisotopic (exact) mass is 389 g/mol. The van der Waals surface area contributed by atoms with Crippen LogP contribution in [-0.4, -0.2) is 83.0 Å². The van der Waals surface area contributed by atoms with Crippen LogP contribution < -0.4 is 0 Å². The van der Waals surface area contributed by atoms with Gasteiger partial charge in [-0.1, -0.05) is 0 Å². The summed E-state index contributed by atoms with van der Waals surface area (Å²) < 4.78 is 46.1. The molecule has 0 saturated carbocycles. The number of fused-ring (bicyclic) bond motifs is 2. The highest BCUT2D eigenvalue weighted by atomic mass is 32.3. The van der Waals surface area contributed by atoms with E-state index >= 15 is 0 Å². The molecule has 4 heterocycles. The van der Waals surface area contributed by atoms with Crippen LogP contribution >= 0.6 is 0 Å². The number of hydrogen-bond acceptors (Lipinski definition) is 9. The summed E-state index contributed by atoms with van der Waals surface area (Å²) in [4.78, 5) is 16.0. The Morgan fingerprint density at radius 3 is 2.73 bits per heavy atom. The highest BCUT2D eigenvalue weighted by Crippen LogP contribution is 2.38. The molecule has 0 aliphatic carbocycles. The van der Waals surface area contributed by atoms with Crippen LogP contribution in [0.2, 0.25) is 0 Å². The van der Waals surface area contributed by atoms with Crippen molar-refractivity contribution < 1.29 is 31.2 Å². The maximum absolute atomic E-state index is 12.4. The number of carbonyl (C=O) groups is 1. The Kier molecular flexibility index (Phi) is 4.56. The van der Waals surface area contributed by atoms with E-state index in [4.69, 9.17) is 13.7 Å². The lowest BCUT2D eigenvalue weighted by Crippen LogP contribution is -2.35. The number of nitrogens with zero attached hydrogens (tertiary/aromatic N) is 5. The number of carbonyl (C=O) groups excluding carboxylic acids is 1. The molecule has 144 valence electrons. The zero-order chi connectivity index (χ0) is 18.3. The molecule has 1 aromatic heterocycles.